The average Bonchev–Trinajstić information content (AvgIpc) is 2.70. The van der Waals surface area contributed by atoms with E-state index in [0.717, 1.165) is 37.6 Å². The van der Waals surface area contributed by atoms with E-state index in [1.165, 1.54) is 24.9 Å². The molecule has 1 fully saturated rings. The first kappa shape index (κ1) is 18.4. The number of piperidine rings is 1. The monoisotopic (exact) mass is 354 g/mol. The highest BCUT2D eigenvalue weighted by Crippen LogP contribution is 2.25. The normalized spacial score (nSPS) is 17.2. The van der Waals surface area contributed by atoms with Gasteiger partial charge in [-0.2, -0.15) is 10.1 Å². The predicted octanol–water partition coefficient (Wildman–Crippen LogP) is 4.23. The van der Waals surface area contributed by atoms with Crippen molar-refractivity contribution in [2.45, 2.75) is 52.5 Å². The van der Waals surface area contributed by atoms with Crippen LogP contribution in [0.2, 0.25) is 0 Å². The zero-order valence-electron chi connectivity index (χ0n) is 16.1. The van der Waals surface area contributed by atoms with Gasteiger partial charge >= 0.3 is 0 Å². The lowest BCUT2D eigenvalue weighted by molar-refractivity contribution is 0.446. The van der Waals surface area contributed by atoms with E-state index in [1.807, 2.05) is 0 Å². The molecule has 1 saturated heterocycles. The van der Waals surface area contributed by atoms with E-state index in [1.54, 1.807) is 6.20 Å². The first-order chi connectivity index (χ1) is 12.7. The summed E-state index contributed by atoms with van der Waals surface area (Å²) < 4.78 is 0. The predicted molar refractivity (Wildman–Crippen MR) is 108 cm³/mol. The highest BCUT2D eigenvalue weighted by molar-refractivity contribution is 5.59. The largest absolute Gasteiger partial charge is 0.372 e. The van der Waals surface area contributed by atoms with Crippen LogP contribution >= 0.6 is 0 Å². The molecule has 1 atom stereocenters. The van der Waals surface area contributed by atoms with Crippen molar-refractivity contribution < 1.29 is 0 Å². The van der Waals surface area contributed by atoms with Gasteiger partial charge in [-0.05, 0) is 63.8 Å². The van der Waals surface area contributed by atoms with E-state index in [9.17, 15) is 0 Å². The summed E-state index contributed by atoms with van der Waals surface area (Å²) >= 11 is 0. The van der Waals surface area contributed by atoms with Gasteiger partial charge in [0.2, 0.25) is 5.95 Å². The molecule has 26 heavy (non-hydrogen) atoms. The van der Waals surface area contributed by atoms with Crippen molar-refractivity contribution in [1.29, 1.82) is 0 Å². The van der Waals surface area contributed by atoms with E-state index < -0.39 is 0 Å². The molecule has 140 valence electrons. The molecule has 0 aliphatic carbocycles. The quantitative estimate of drug-likeness (QED) is 0.803. The maximum Gasteiger partial charge on any atom is 0.249 e. The fourth-order valence-corrected chi connectivity index (χ4v) is 3.69. The maximum absolute atomic E-state index is 4.71. The van der Waals surface area contributed by atoms with Gasteiger partial charge in [0.25, 0.3) is 0 Å². The van der Waals surface area contributed by atoms with Crippen molar-refractivity contribution in [2.24, 2.45) is 0 Å². The minimum absolute atomic E-state index is 0.554. The molecule has 6 nitrogen and oxygen atoms in total. The molecule has 0 saturated carbocycles. The smallest absolute Gasteiger partial charge is 0.249 e. The molecule has 1 unspecified atom stereocenters. The first-order valence-electron chi connectivity index (χ1n) is 9.83. The van der Waals surface area contributed by atoms with E-state index >= 15 is 0 Å². The molecule has 1 aliphatic rings. The molecular formula is C20H30N6. The van der Waals surface area contributed by atoms with Crippen LogP contribution in [0.1, 0.15) is 46.5 Å². The van der Waals surface area contributed by atoms with Crippen molar-refractivity contribution in [3.63, 3.8) is 0 Å². The number of hydrogen-bond donors (Lipinski definition) is 1. The highest BCUT2D eigenvalue weighted by atomic mass is 15.3. The van der Waals surface area contributed by atoms with Crippen molar-refractivity contribution in [3.8, 4) is 0 Å². The van der Waals surface area contributed by atoms with Crippen molar-refractivity contribution in [3.05, 3.63) is 30.5 Å². The van der Waals surface area contributed by atoms with Gasteiger partial charge in [-0.15, -0.1) is 5.10 Å². The fourth-order valence-electron chi connectivity index (χ4n) is 3.69. The Morgan fingerprint density at radius 2 is 1.88 bits per heavy atom. The molecule has 0 radical (unpaired) electrons. The van der Waals surface area contributed by atoms with Gasteiger partial charge in [0.15, 0.2) is 5.82 Å². The van der Waals surface area contributed by atoms with Gasteiger partial charge in [0, 0.05) is 37.1 Å². The number of hydrogen-bond acceptors (Lipinski definition) is 6. The number of rotatable bonds is 7. The standard InChI is InChI=1S/C20H30N6/c1-4-17-9-7-8-14-26(17)19-15-21-24-20(23-19)22-16-10-12-18(13-11-16)25(5-2)6-3/h10-13,15,17H,4-9,14H2,1-3H3,(H,22,23,24). The Bertz CT molecular complexity index is 683. The van der Waals surface area contributed by atoms with Gasteiger partial charge in [-0.3, -0.25) is 0 Å². The Labute approximate surface area is 156 Å². The van der Waals surface area contributed by atoms with Gasteiger partial charge in [0.1, 0.15) is 0 Å². The molecule has 1 aromatic heterocycles. The molecule has 3 rings (SSSR count). The summed E-state index contributed by atoms with van der Waals surface area (Å²) in [5.74, 6) is 1.48. The molecule has 1 aliphatic heterocycles. The minimum atomic E-state index is 0.554. The van der Waals surface area contributed by atoms with Crippen LogP contribution in [-0.4, -0.2) is 40.9 Å². The molecule has 2 aromatic rings. The van der Waals surface area contributed by atoms with Gasteiger partial charge < -0.3 is 15.1 Å². The summed E-state index contributed by atoms with van der Waals surface area (Å²) in [6, 6.07) is 8.95. The summed E-state index contributed by atoms with van der Waals surface area (Å²) in [6.07, 6.45) is 6.67. The summed E-state index contributed by atoms with van der Waals surface area (Å²) in [6.45, 7) is 9.65. The fraction of sp³-hybridized carbons (Fsp3) is 0.550. The SMILES string of the molecule is CCC1CCCCN1c1cnnc(Nc2ccc(N(CC)CC)cc2)n1. The first-order valence-corrected chi connectivity index (χ1v) is 9.83. The van der Waals surface area contributed by atoms with Crippen molar-refractivity contribution >= 4 is 23.1 Å². The molecule has 6 heteroatoms. The van der Waals surface area contributed by atoms with Gasteiger partial charge in [0.05, 0.1) is 6.20 Å². The van der Waals surface area contributed by atoms with Crippen LogP contribution < -0.4 is 15.1 Å². The molecule has 1 aromatic carbocycles. The highest BCUT2D eigenvalue weighted by Gasteiger charge is 2.22. The molecule has 1 N–H and O–H groups in total. The van der Waals surface area contributed by atoms with Crippen LogP contribution in [-0.2, 0) is 0 Å². The molecule has 2 heterocycles. The third-order valence-corrected chi connectivity index (χ3v) is 5.19. The van der Waals surface area contributed by atoms with Crippen molar-refractivity contribution in [1.82, 2.24) is 15.2 Å². The van der Waals surface area contributed by atoms with Crippen LogP contribution in [0.3, 0.4) is 0 Å². The lowest BCUT2D eigenvalue weighted by Gasteiger charge is -2.35. The van der Waals surface area contributed by atoms with Gasteiger partial charge in [-0.25, -0.2) is 0 Å². The number of nitrogens with zero attached hydrogens (tertiary/aromatic N) is 5. The summed E-state index contributed by atoms with van der Waals surface area (Å²) in [5, 5.41) is 11.6. The zero-order valence-corrected chi connectivity index (χ0v) is 16.1. The van der Waals surface area contributed by atoms with Crippen LogP contribution in [0.5, 0.6) is 0 Å². The second-order valence-corrected chi connectivity index (χ2v) is 6.73. The lowest BCUT2D eigenvalue weighted by atomic mass is 10.0. The van der Waals surface area contributed by atoms with Gasteiger partial charge in [-0.1, -0.05) is 6.92 Å². The number of aromatic nitrogens is 3. The van der Waals surface area contributed by atoms with Crippen LogP contribution in [0, 0.1) is 0 Å². The Kier molecular flexibility index (Phi) is 6.26. The topological polar surface area (TPSA) is 57.2 Å². The number of nitrogens with one attached hydrogen (secondary N) is 1. The second-order valence-electron chi connectivity index (χ2n) is 6.73. The second kappa shape index (κ2) is 8.83. The Morgan fingerprint density at radius 1 is 1.12 bits per heavy atom. The molecular weight excluding hydrogens is 324 g/mol. The van der Waals surface area contributed by atoms with Crippen molar-refractivity contribution in [2.75, 3.05) is 34.8 Å². The average molecular weight is 355 g/mol. The van der Waals surface area contributed by atoms with E-state index in [4.69, 9.17) is 4.98 Å². The number of anilines is 4. The molecule has 0 bridgehead atoms. The van der Waals surface area contributed by atoms with E-state index in [2.05, 4.69) is 70.4 Å². The zero-order chi connectivity index (χ0) is 18.4. The lowest BCUT2D eigenvalue weighted by Crippen LogP contribution is -2.39. The third kappa shape index (κ3) is 4.23. The van der Waals surface area contributed by atoms with E-state index in [0.29, 0.717) is 12.0 Å². The van der Waals surface area contributed by atoms with Crippen LogP contribution in [0.25, 0.3) is 0 Å². The van der Waals surface area contributed by atoms with E-state index in [-0.39, 0.29) is 0 Å². The minimum Gasteiger partial charge on any atom is -0.372 e. The van der Waals surface area contributed by atoms with Crippen LogP contribution in [0.4, 0.5) is 23.1 Å². The molecule has 0 spiro atoms. The Morgan fingerprint density at radius 3 is 2.58 bits per heavy atom. The summed E-state index contributed by atoms with van der Waals surface area (Å²) in [4.78, 5) is 9.42. The van der Waals surface area contributed by atoms with Crippen LogP contribution in [0.15, 0.2) is 30.5 Å². The maximum atomic E-state index is 4.71. The Balaban J connectivity index is 1.72. The summed E-state index contributed by atoms with van der Waals surface area (Å²) in [5.41, 5.74) is 2.21. The molecule has 0 amide bonds. The Hall–Kier alpha value is -2.37. The summed E-state index contributed by atoms with van der Waals surface area (Å²) in [7, 11) is 0. The number of benzene rings is 1. The third-order valence-electron chi connectivity index (χ3n) is 5.19.